The van der Waals surface area contributed by atoms with Crippen LogP contribution < -0.4 is 5.32 Å². The Morgan fingerprint density at radius 2 is 1.90 bits per heavy atom. The molecule has 21 heavy (non-hydrogen) atoms. The van der Waals surface area contributed by atoms with Crippen molar-refractivity contribution in [3.63, 3.8) is 0 Å². The topological polar surface area (TPSA) is 38.3 Å². The average Bonchev–Trinajstić information content (AvgIpc) is 2.43. The van der Waals surface area contributed by atoms with Crippen LogP contribution in [0.3, 0.4) is 0 Å². The van der Waals surface area contributed by atoms with E-state index in [1.807, 2.05) is 22.6 Å². The van der Waals surface area contributed by atoms with Crippen molar-refractivity contribution in [2.45, 2.75) is 37.8 Å². The van der Waals surface area contributed by atoms with Crippen LogP contribution in [0.15, 0.2) is 18.2 Å². The van der Waals surface area contributed by atoms with Crippen LogP contribution in [-0.2, 0) is 15.1 Å². The summed E-state index contributed by atoms with van der Waals surface area (Å²) in [7, 11) is 0. The van der Waals surface area contributed by atoms with E-state index in [2.05, 4.69) is 5.32 Å². The van der Waals surface area contributed by atoms with Crippen LogP contribution >= 0.6 is 22.6 Å². The van der Waals surface area contributed by atoms with Gasteiger partial charge in [-0.1, -0.05) is 0 Å². The number of hydrogen-bond donors (Lipinski definition) is 1. The van der Waals surface area contributed by atoms with Gasteiger partial charge in [-0.25, -0.2) is 13.2 Å². The molecule has 1 fully saturated rings. The minimum absolute atomic E-state index is 0.258. The van der Waals surface area contributed by atoms with Crippen molar-refractivity contribution in [1.29, 1.82) is 0 Å². The number of hydrogen-bond acceptors (Lipinski definition) is 2. The fourth-order valence-electron chi connectivity index (χ4n) is 2.45. The SMILES string of the molecule is CC1(C)OCC(=O)NC(C)(c2cc(I)ccc2F)C1(F)F. The molecule has 1 N–H and O–H groups in total. The Hall–Kier alpha value is -0.830. The van der Waals surface area contributed by atoms with Crippen LogP contribution in [-0.4, -0.2) is 24.0 Å². The number of nitrogens with one attached hydrogen (secondary N) is 1. The second kappa shape index (κ2) is 5.12. The molecule has 1 atom stereocenters. The molecule has 3 nitrogen and oxygen atoms in total. The maximum absolute atomic E-state index is 15.0. The zero-order valence-corrected chi connectivity index (χ0v) is 13.9. The van der Waals surface area contributed by atoms with E-state index in [4.69, 9.17) is 4.74 Å². The van der Waals surface area contributed by atoms with Gasteiger partial charge in [-0.15, -0.1) is 0 Å². The molecule has 1 aliphatic heterocycles. The van der Waals surface area contributed by atoms with Gasteiger partial charge in [0.05, 0.1) is 0 Å². The number of benzene rings is 1. The minimum Gasteiger partial charge on any atom is -0.359 e. The first kappa shape index (κ1) is 16.5. The quantitative estimate of drug-likeness (QED) is 0.719. The highest BCUT2D eigenvalue weighted by Crippen LogP contribution is 2.48. The number of carbonyl (C=O) groups is 1. The average molecular weight is 413 g/mol. The fraction of sp³-hybridized carbons (Fsp3) is 0.500. The summed E-state index contributed by atoms with van der Waals surface area (Å²) < 4.78 is 49.6. The third-order valence-corrected chi connectivity index (χ3v) is 4.48. The minimum atomic E-state index is -3.52. The van der Waals surface area contributed by atoms with Crippen LogP contribution in [0.1, 0.15) is 26.3 Å². The van der Waals surface area contributed by atoms with Gasteiger partial charge in [-0.2, -0.15) is 0 Å². The van der Waals surface area contributed by atoms with Crippen molar-refractivity contribution in [3.05, 3.63) is 33.1 Å². The molecule has 1 amide bonds. The molecule has 0 aromatic heterocycles. The van der Waals surface area contributed by atoms with Crippen LogP contribution in [0.5, 0.6) is 0 Å². The maximum atomic E-state index is 15.0. The molecule has 0 spiro atoms. The van der Waals surface area contributed by atoms with Gasteiger partial charge in [0.2, 0.25) is 5.91 Å². The number of carbonyl (C=O) groups excluding carboxylic acids is 1. The molecule has 116 valence electrons. The van der Waals surface area contributed by atoms with E-state index in [0.29, 0.717) is 3.57 Å². The lowest BCUT2D eigenvalue weighted by Crippen LogP contribution is -2.62. The van der Waals surface area contributed by atoms with E-state index in [-0.39, 0.29) is 5.56 Å². The van der Waals surface area contributed by atoms with Crippen molar-refractivity contribution >= 4 is 28.5 Å². The van der Waals surface area contributed by atoms with Gasteiger partial charge in [0.15, 0.2) is 0 Å². The first-order valence-corrected chi connectivity index (χ1v) is 7.37. The molecule has 2 rings (SSSR count). The second-order valence-electron chi connectivity index (χ2n) is 5.67. The lowest BCUT2D eigenvalue weighted by atomic mass is 9.78. The van der Waals surface area contributed by atoms with Gasteiger partial charge in [-0.3, -0.25) is 4.79 Å². The van der Waals surface area contributed by atoms with Crippen LogP contribution in [0.4, 0.5) is 13.2 Å². The van der Waals surface area contributed by atoms with E-state index < -0.39 is 35.4 Å². The smallest absolute Gasteiger partial charge is 0.302 e. The zero-order valence-electron chi connectivity index (χ0n) is 11.8. The lowest BCUT2D eigenvalue weighted by Gasteiger charge is -2.43. The molecular formula is C14H15F3INO2. The Morgan fingerprint density at radius 1 is 1.29 bits per heavy atom. The highest BCUT2D eigenvalue weighted by molar-refractivity contribution is 14.1. The summed E-state index contributed by atoms with van der Waals surface area (Å²) in [6, 6.07) is 3.90. The summed E-state index contributed by atoms with van der Waals surface area (Å²) in [6.07, 6.45) is 0. The molecular weight excluding hydrogens is 398 g/mol. The fourth-order valence-corrected chi connectivity index (χ4v) is 2.94. The predicted octanol–water partition coefficient (Wildman–Crippen LogP) is 3.21. The third kappa shape index (κ3) is 2.54. The lowest BCUT2D eigenvalue weighted by molar-refractivity contribution is -0.216. The molecule has 0 bridgehead atoms. The number of alkyl halides is 2. The van der Waals surface area contributed by atoms with Crippen molar-refractivity contribution in [2.24, 2.45) is 0 Å². The number of amides is 1. The van der Waals surface area contributed by atoms with E-state index in [1.54, 1.807) is 0 Å². The van der Waals surface area contributed by atoms with Gasteiger partial charge >= 0.3 is 5.92 Å². The molecule has 1 saturated heterocycles. The van der Waals surface area contributed by atoms with Crippen molar-refractivity contribution in [2.75, 3.05) is 6.61 Å². The second-order valence-corrected chi connectivity index (χ2v) is 6.92. The Labute approximate surface area is 134 Å². The molecule has 0 aliphatic carbocycles. The Morgan fingerprint density at radius 3 is 2.52 bits per heavy atom. The summed E-state index contributed by atoms with van der Waals surface area (Å²) in [4.78, 5) is 11.8. The Balaban J connectivity index is 2.70. The van der Waals surface area contributed by atoms with Crippen molar-refractivity contribution in [3.8, 4) is 0 Å². The normalized spacial score (nSPS) is 27.9. The first-order valence-electron chi connectivity index (χ1n) is 6.29. The number of ether oxygens (including phenoxy) is 1. The zero-order chi connectivity index (χ0) is 16.1. The van der Waals surface area contributed by atoms with E-state index in [0.717, 1.165) is 13.0 Å². The van der Waals surface area contributed by atoms with Crippen LogP contribution in [0, 0.1) is 9.39 Å². The van der Waals surface area contributed by atoms with Crippen molar-refractivity contribution < 1.29 is 22.7 Å². The summed E-state index contributed by atoms with van der Waals surface area (Å²) in [5, 5.41) is 2.23. The standard InChI is InChI=1S/C14H15F3INO2/c1-12(2)14(16,17)13(3,19-11(20)7-21-12)9-6-8(18)4-5-10(9)15/h4-6H,7H2,1-3H3,(H,19,20). The largest absolute Gasteiger partial charge is 0.359 e. The van der Waals surface area contributed by atoms with Gasteiger partial charge in [-0.05, 0) is 61.6 Å². The van der Waals surface area contributed by atoms with Gasteiger partial charge in [0.1, 0.15) is 23.6 Å². The molecule has 0 saturated carbocycles. The van der Waals surface area contributed by atoms with Gasteiger partial charge in [0, 0.05) is 9.13 Å². The predicted molar refractivity (Wildman–Crippen MR) is 79.6 cm³/mol. The molecule has 1 aromatic carbocycles. The first-order chi connectivity index (χ1) is 9.51. The van der Waals surface area contributed by atoms with Crippen molar-refractivity contribution in [1.82, 2.24) is 5.32 Å². The van der Waals surface area contributed by atoms with Gasteiger partial charge in [0.25, 0.3) is 0 Å². The van der Waals surface area contributed by atoms with Crippen LogP contribution in [0.2, 0.25) is 0 Å². The van der Waals surface area contributed by atoms with E-state index in [9.17, 15) is 18.0 Å². The molecule has 1 aliphatic rings. The summed E-state index contributed by atoms with van der Waals surface area (Å²) in [5.74, 6) is -5.02. The maximum Gasteiger partial charge on any atom is 0.302 e. The summed E-state index contributed by atoms with van der Waals surface area (Å²) >= 11 is 1.91. The molecule has 1 aromatic rings. The molecule has 1 unspecified atom stereocenters. The summed E-state index contributed by atoms with van der Waals surface area (Å²) in [5.41, 5.74) is -4.38. The van der Waals surface area contributed by atoms with E-state index in [1.165, 1.54) is 26.0 Å². The third-order valence-electron chi connectivity index (χ3n) is 3.80. The highest BCUT2D eigenvalue weighted by atomic mass is 127. The van der Waals surface area contributed by atoms with E-state index >= 15 is 0 Å². The number of rotatable bonds is 1. The molecule has 7 heteroatoms. The molecule has 0 radical (unpaired) electrons. The summed E-state index contributed by atoms with van der Waals surface area (Å²) in [6.45, 7) is 3.01. The van der Waals surface area contributed by atoms with Crippen LogP contribution in [0.25, 0.3) is 0 Å². The van der Waals surface area contributed by atoms with Gasteiger partial charge < -0.3 is 10.1 Å². The Bertz CT molecular complexity index is 592. The highest BCUT2D eigenvalue weighted by Gasteiger charge is 2.64. The monoisotopic (exact) mass is 413 g/mol. The number of halogens is 4. The molecule has 1 heterocycles. The Kier molecular flexibility index (Phi) is 4.03.